The van der Waals surface area contributed by atoms with Crippen molar-refractivity contribution < 1.29 is 9.13 Å². The van der Waals surface area contributed by atoms with Crippen LogP contribution in [0.5, 0.6) is 0 Å². The van der Waals surface area contributed by atoms with Crippen LogP contribution in [-0.4, -0.2) is 37.8 Å². The number of allylic oxidation sites excluding steroid dienone is 3. The first-order valence-electron chi connectivity index (χ1n) is 6.46. The highest BCUT2D eigenvalue weighted by molar-refractivity contribution is 5.22. The molecule has 0 amide bonds. The van der Waals surface area contributed by atoms with E-state index >= 15 is 0 Å². The molecule has 0 aromatic heterocycles. The van der Waals surface area contributed by atoms with Gasteiger partial charge in [-0.25, -0.2) is 4.39 Å². The second-order valence-electron chi connectivity index (χ2n) is 4.66. The average Bonchev–Trinajstić information content (AvgIpc) is 2.48. The molecule has 0 N–H and O–H groups in total. The summed E-state index contributed by atoms with van der Waals surface area (Å²) in [6, 6.07) is 0. The molecular formula is C14H24FNO. The molecule has 0 saturated heterocycles. The minimum atomic E-state index is -0.822. The van der Waals surface area contributed by atoms with E-state index in [9.17, 15) is 4.39 Å². The minimum Gasteiger partial charge on any atom is -0.494 e. The lowest BCUT2D eigenvalue weighted by Crippen LogP contribution is -2.19. The summed E-state index contributed by atoms with van der Waals surface area (Å²) in [4.78, 5) is 2.26. The molecule has 0 fully saturated rings. The van der Waals surface area contributed by atoms with Gasteiger partial charge in [0.1, 0.15) is 11.9 Å². The molecule has 0 radical (unpaired) electrons. The van der Waals surface area contributed by atoms with Gasteiger partial charge in [0.25, 0.3) is 0 Å². The van der Waals surface area contributed by atoms with Crippen LogP contribution in [0, 0.1) is 0 Å². The van der Waals surface area contributed by atoms with Crippen molar-refractivity contribution in [2.24, 2.45) is 0 Å². The van der Waals surface area contributed by atoms with Gasteiger partial charge in [-0.05, 0) is 57.5 Å². The van der Waals surface area contributed by atoms with Crippen LogP contribution in [0.3, 0.4) is 0 Å². The number of halogens is 1. The number of rotatable bonds is 6. The van der Waals surface area contributed by atoms with Crippen LogP contribution < -0.4 is 0 Å². The van der Waals surface area contributed by atoms with E-state index in [-0.39, 0.29) is 0 Å². The Morgan fingerprint density at radius 3 is 3.00 bits per heavy atom. The normalized spacial score (nSPS) is 20.9. The van der Waals surface area contributed by atoms with E-state index in [1.165, 1.54) is 0 Å². The molecule has 1 rings (SSSR count). The van der Waals surface area contributed by atoms with E-state index in [2.05, 4.69) is 18.9 Å². The third-order valence-electron chi connectivity index (χ3n) is 3.15. The van der Waals surface area contributed by atoms with Gasteiger partial charge in [-0.3, -0.25) is 0 Å². The highest BCUT2D eigenvalue weighted by Crippen LogP contribution is 2.21. The molecule has 98 valence electrons. The zero-order valence-electron chi connectivity index (χ0n) is 11.2. The Kier molecular flexibility index (Phi) is 6.27. The van der Waals surface area contributed by atoms with Gasteiger partial charge < -0.3 is 9.64 Å². The van der Waals surface area contributed by atoms with Crippen molar-refractivity contribution in [1.82, 2.24) is 4.90 Å². The molecule has 17 heavy (non-hydrogen) atoms. The zero-order valence-corrected chi connectivity index (χ0v) is 11.2. The predicted octanol–water partition coefficient (Wildman–Crippen LogP) is 3.31. The fourth-order valence-corrected chi connectivity index (χ4v) is 1.75. The Morgan fingerprint density at radius 2 is 2.29 bits per heavy atom. The number of hydrogen-bond acceptors (Lipinski definition) is 2. The first kappa shape index (κ1) is 14.2. The summed E-state index contributed by atoms with van der Waals surface area (Å²) in [6.07, 6.45) is 4.94. The molecule has 3 heteroatoms. The Balaban J connectivity index is 2.32. The molecule has 0 aliphatic heterocycles. The third-order valence-corrected chi connectivity index (χ3v) is 3.15. The summed E-state index contributed by atoms with van der Waals surface area (Å²) in [6.45, 7) is 6.97. The highest BCUT2D eigenvalue weighted by atomic mass is 19.1. The Morgan fingerprint density at radius 1 is 1.53 bits per heavy atom. The third kappa shape index (κ3) is 5.35. The molecule has 1 atom stereocenters. The van der Waals surface area contributed by atoms with Crippen molar-refractivity contribution in [2.75, 3.05) is 26.7 Å². The maximum Gasteiger partial charge on any atom is 0.119 e. The maximum absolute atomic E-state index is 13.2. The summed E-state index contributed by atoms with van der Waals surface area (Å²) in [7, 11) is 2.10. The molecule has 1 aliphatic rings. The van der Waals surface area contributed by atoms with E-state index in [1.54, 1.807) is 12.2 Å². The number of alkyl halides is 1. The molecule has 0 heterocycles. The fourth-order valence-electron chi connectivity index (χ4n) is 1.75. The average molecular weight is 241 g/mol. The SMILES string of the molecule is CCN(C)CCCOC1=C(C)CCC(F)C=C1. The molecule has 0 aromatic carbocycles. The van der Waals surface area contributed by atoms with Crippen LogP contribution in [0.4, 0.5) is 4.39 Å². The lowest BCUT2D eigenvalue weighted by atomic mass is 10.1. The Bertz CT molecular complexity index is 286. The monoisotopic (exact) mass is 241 g/mol. The van der Waals surface area contributed by atoms with Crippen LogP contribution in [0.25, 0.3) is 0 Å². The van der Waals surface area contributed by atoms with Gasteiger partial charge in [0.05, 0.1) is 6.61 Å². The second-order valence-corrected chi connectivity index (χ2v) is 4.66. The Labute approximate surface area is 104 Å². The van der Waals surface area contributed by atoms with Gasteiger partial charge in [-0.15, -0.1) is 0 Å². The largest absolute Gasteiger partial charge is 0.494 e. The molecule has 0 aromatic rings. The van der Waals surface area contributed by atoms with Gasteiger partial charge in [-0.2, -0.15) is 0 Å². The predicted molar refractivity (Wildman–Crippen MR) is 69.7 cm³/mol. The van der Waals surface area contributed by atoms with Gasteiger partial charge >= 0.3 is 0 Å². The molecule has 1 aliphatic carbocycles. The van der Waals surface area contributed by atoms with Crippen molar-refractivity contribution in [3.8, 4) is 0 Å². The van der Waals surface area contributed by atoms with E-state index in [0.29, 0.717) is 13.0 Å². The maximum atomic E-state index is 13.2. The zero-order chi connectivity index (χ0) is 12.7. The highest BCUT2D eigenvalue weighted by Gasteiger charge is 2.10. The summed E-state index contributed by atoms with van der Waals surface area (Å²) in [5.41, 5.74) is 1.16. The van der Waals surface area contributed by atoms with E-state index in [1.807, 2.05) is 6.92 Å². The van der Waals surface area contributed by atoms with Gasteiger partial charge in [0.2, 0.25) is 0 Å². The number of hydrogen-bond donors (Lipinski definition) is 0. The molecule has 0 spiro atoms. The quantitative estimate of drug-likeness (QED) is 0.662. The molecule has 1 unspecified atom stereocenters. The number of nitrogens with zero attached hydrogens (tertiary/aromatic N) is 1. The standard InChI is InChI=1S/C14H24FNO/c1-4-16(3)10-5-11-17-14-9-8-13(15)7-6-12(14)2/h8-9,13H,4-7,10-11H2,1-3H3. The van der Waals surface area contributed by atoms with E-state index in [0.717, 1.165) is 37.3 Å². The summed E-state index contributed by atoms with van der Waals surface area (Å²) < 4.78 is 18.9. The smallest absolute Gasteiger partial charge is 0.119 e. The second kappa shape index (κ2) is 7.49. The van der Waals surface area contributed by atoms with Crippen molar-refractivity contribution in [3.05, 3.63) is 23.5 Å². The van der Waals surface area contributed by atoms with Crippen molar-refractivity contribution in [2.45, 2.75) is 39.3 Å². The van der Waals surface area contributed by atoms with Crippen molar-refractivity contribution in [3.63, 3.8) is 0 Å². The molecule has 0 saturated carbocycles. The van der Waals surface area contributed by atoms with Crippen molar-refractivity contribution in [1.29, 1.82) is 0 Å². The first-order chi connectivity index (χ1) is 8.13. The Hall–Kier alpha value is -0.830. The van der Waals surface area contributed by atoms with Crippen LogP contribution >= 0.6 is 0 Å². The molecule has 2 nitrogen and oxygen atoms in total. The first-order valence-corrected chi connectivity index (χ1v) is 6.46. The molecular weight excluding hydrogens is 217 g/mol. The fraction of sp³-hybridized carbons (Fsp3) is 0.714. The summed E-state index contributed by atoms with van der Waals surface area (Å²) in [5.74, 6) is 0.865. The number of ether oxygens (including phenoxy) is 1. The van der Waals surface area contributed by atoms with Crippen LogP contribution in [0.15, 0.2) is 23.5 Å². The van der Waals surface area contributed by atoms with Crippen LogP contribution in [-0.2, 0) is 4.74 Å². The van der Waals surface area contributed by atoms with Crippen LogP contribution in [0.1, 0.15) is 33.1 Å². The topological polar surface area (TPSA) is 12.5 Å². The van der Waals surface area contributed by atoms with Gasteiger partial charge in [0, 0.05) is 6.54 Å². The minimum absolute atomic E-state index is 0.577. The van der Waals surface area contributed by atoms with E-state index < -0.39 is 6.17 Å². The summed E-state index contributed by atoms with van der Waals surface area (Å²) in [5, 5.41) is 0. The lowest BCUT2D eigenvalue weighted by molar-refractivity contribution is 0.199. The van der Waals surface area contributed by atoms with E-state index in [4.69, 9.17) is 4.74 Å². The van der Waals surface area contributed by atoms with Crippen LogP contribution in [0.2, 0.25) is 0 Å². The van der Waals surface area contributed by atoms with Gasteiger partial charge in [-0.1, -0.05) is 6.92 Å². The van der Waals surface area contributed by atoms with Gasteiger partial charge in [0.15, 0.2) is 0 Å². The lowest BCUT2D eigenvalue weighted by Gasteiger charge is -2.14. The molecule has 0 bridgehead atoms. The summed E-state index contributed by atoms with van der Waals surface area (Å²) >= 11 is 0. The van der Waals surface area contributed by atoms with Crippen molar-refractivity contribution >= 4 is 0 Å².